The molecule has 4 bridgehead atoms. The van der Waals surface area contributed by atoms with Crippen molar-refractivity contribution in [1.29, 1.82) is 0 Å². The van der Waals surface area contributed by atoms with Gasteiger partial charge < -0.3 is 209 Å². The summed E-state index contributed by atoms with van der Waals surface area (Å²) < 4.78 is 80.6. The van der Waals surface area contributed by atoms with E-state index in [9.17, 15) is 162 Å². The first-order chi connectivity index (χ1) is 63.1. The van der Waals surface area contributed by atoms with Crippen LogP contribution in [0.25, 0.3) is 22.3 Å². The van der Waals surface area contributed by atoms with Crippen LogP contribution < -0.4 is 9.47 Å². The number of phenols is 28. The first kappa shape index (κ1) is 89.6. The number of hydrogen-bond acceptors (Lipinski definition) is 52. The van der Waals surface area contributed by atoms with Crippen molar-refractivity contribution in [2.24, 2.45) is 0 Å². The Hall–Kier alpha value is -19.2. The fourth-order valence-corrected chi connectivity index (χ4v) is 14.2. The Balaban J connectivity index is 0.926. The lowest BCUT2D eigenvalue weighted by atomic mass is 9.92. The van der Waals surface area contributed by atoms with Gasteiger partial charge in [-0.1, -0.05) is 0 Å². The zero-order valence-electron chi connectivity index (χ0n) is 65.6. The van der Waals surface area contributed by atoms with Gasteiger partial charge in [0, 0.05) is 34.4 Å². The summed E-state index contributed by atoms with van der Waals surface area (Å²) in [6.45, 7) is -3.20. The predicted molar refractivity (Wildman–Crippen MR) is 413 cm³/mol. The van der Waals surface area contributed by atoms with Gasteiger partial charge in [-0.05, 0) is 72.8 Å². The fourth-order valence-electron chi connectivity index (χ4n) is 14.2. The second-order valence-corrected chi connectivity index (χ2v) is 28.9. The summed E-state index contributed by atoms with van der Waals surface area (Å²) in [6.07, 6.45) is -29.5. The van der Waals surface area contributed by atoms with Crippen LogP contribution in [-0.2, 0) is 56.8 Å². The topological polar surface area (TPSA) is 866 Å². The molecule has 696 valence electrons. The molecule has 0 aromatic heterocycles. The molecule has 0 saturated carbocycles. The Morgan fingerprint density at radius 1 is 0.246 bits per heavy atom. The van der Waals surface area contributed by atoms with E-state index in [-0.39, 0.29) is 48.5 Å². The number of fused-ring (bicyclic) bond motifs is 14. The summed E-state index contributed by atoms with van der Waals surface area (Å²) in [7, 11) is 0. The third-order valence-electron chi connectivity index (χ3n) is 20.7. The lowest BCUT2D eigenvalue weighted by Crippen LogP contribution is -2.63. The number of hydrogen-bond donors (Lipinski definition) is 28. The van der Waals surface area contributed by atoms with Crippen LogP contribution in [-0.4, -0.2) is 277 Å². The summed E-state index contributed by atoms with van der Waals surface area (Å²) in [6, 6.07) is 3.65. The van der Waals surface area contributed by atoms with E-state index < -0.39 is 396 Å². The highest BCUT2D eigenvalue weighted by Gasteiger charge is 2.59. The number of esters is 10. The maximum absolute atomic E-state index is 15.6. The molecule has 0 spiro atoms. The number of rotatable bonds is 4. The van der Waals surface area contributed by atoms with Gasteiger partial charge in [-0.15, -0.1) is 0 Å². The molecule has 0 amide bonds. The van der Waals surface area contributed by atoms with Gasteiger partial charge in [0.15, 0.2) is 151 Å². The third kappa shape index (κ3) is 15.4. The Morgan fingerprint density at radius 3 is 0.858 bits per heavy atom. The zero-order valence-corrected chi connectivity index (χ0v) is 65.6. The molecule has 10 aromatic rings. The Morgan fingerprint density at radius 2 is 0.515 bits per heavy atom. The number of carbonyl (C=O) groups excluding carboxylic acids is 10. The lowest BCUT2D eigenvalue weighted by Gasteiger charge is -2.43. The van der Waals surface area contributed by atoms with Crippen molar-refractivity contribution < 1.29 is 257 Å². The Bertz CT molecular complexity index is 6760. The van der Waals surface area contributed by atoms with E-state index in [0.717, 1.165) is 0 Å². The summed E-state index contributed by atoms with van der Waals surface area (Å²) >= 11 is 0. The fraction of sp³-hybridized carbons (Fsp3) is 0.146. The highest BCUT2D eigenvalue weighted by molar-refractivity contribution is 6.11. The summed E-state index contributed by atoms with van der Waals surface area (Å²) in [5.41, 5.74) is -18.1. The highest BCUT2D eigenvalue weighted by atomic mass is 16.8. The quantitative estimate of drug-likeness (QED) is 0.0669. The van der Waals surface area contributed by atoms with Gasteiger partial charge in [-0.25, -0.2) is 47.9 Å². The number of phenolic OH excluding ortho intramolecular Hbond substituents is 28. The van der Waals surface area contributed by atoms with Crippen molar-refractivity contribution >= 4 is 59.7 Å². The molecule has 52 nitrogen and oxygen atoms in total. The van der Waals surface area contributed by atoms with Gasteiger partial charge in [-0.3, -0.25) is 0 Å². The van der Waals surface area contributed by atoms with Crippen LogP contribution in [0.4, 0.5) is 0 Å². The van der Waals surface area contributed by atoms with Crippen molar-refractivity contribution in [1.82, 2.24) is 0 Å². The largest absolute Gasteiger partial charge is 0.504 e. The number of aromatic hydroxyl groups is 28. The Labute approximate surface area is 735 Å². The monoisotopic (exact) mass is 1870 g/mol. The van der Waals surface area contributed by atoms with Gasteiger partial charge in [0.2, 0.25) is 82.3 Å². The molecule has 0 aliphatic carbocycles. The van der Waals surface area contributed by atoms with Crippen LogP contribution >= 0.6 is 0 Å². The van der Waals surface area contributed by atoms with Crippen molar-refractivity contribution in [3.8, 4) is 206 Å². The molecule has 0 radical (unpaired) electrons. The van der Waals surface area contributed by atoms with Gasteiger partial charge >= 0.3 is 59.7 Å². The van der Waals surface area contributed by atoms with Gasteiger partial charge in [0.05, 0.1) is 44.5 Å². The normalized spacial score (nSPS) is 20.1. The molecule has 0 unspecified atom stereocenters. The second-order valence-electron chi connectivity index (χ2n) is 28.9. The summed E-state index contributed by atoms with van der Waals surface area (Å²) in [5, 5.41) is 311. The van der Waals surface area contributed by atoms with E-state index >= 15 is 28.8 Å². The second kappa shape index (κ2) is 33.2. The average Bonchev–Trinajstić information content (AvgIpc) is 1.28. The number of cyclic esters (lactones) is 2. The third-order valence-corrected chi connectivity index (χ3v) is 20.7. The molecular weight excluding hydrogens is 1820 g/mol. The van der Waals surface area contributed by atoms with Crippen molar-refractivity contribution in [3.05, 3.63) is 141 Å². The average molecular weight is 1870 g/mol. The molecule has 52 heteroatoms. The van der Waals surface area contributed by atoms with Gasteiger partial charge in [-0.2, -0.15) is 0 Å². The van der Waals surface area contributed by atoms with E-state index in [0.29, 0.717) is 36.4 Å². The number of carbonyl (C=O) groups is 10. The minimum absolute atomic E-state index is 0.0941. The number of benzene rings is 10. The maximum Gasteiger partial charge on any atom is 0.342 e. The molecular formula is C82H56O52. The zero-order chi connectivity index (χ0) is 97.3. The van der Waals surface area contributed by atoms with Crippen LogP contribution in [0, 0.1) is 0 Å². The Kier molecular flexibility index (Phi) is 22.2. The summed E-state index contributed by atoms with van der Waals surface area (Å²) in [4.78, 5) is 151. The van der Waals surface area contributed by atoms with Crippen LogP contribution in [0.1, 0.15) is 104 Å². The van der Waals surface area contributed by atoms with E-state index in [1.807, 2.05) is 0 Å². The molecule has 10 atom stereocenters. The molecule has 16 rings (SSSR count). The molecule has 6 aliphatic rings. The highest BCUT2D eigenvalue weighted by Crippen LogP contribution is 2.59. The molecule has 6 heterocycles. The molecule has 10 aromatic carbocycles. The van der Waals surface area contributed by atoms with Crippen LogP contribution in [0.3, 0.4) is 0 Å². The molecule has 134 heavy (non-hydrogen) atoms. The lowest BCUT2D eigenvalue weighted by molar-refractivity contribution is -0.282. The standard InChI is InChI=1S/C82H56O52/c83-27-1-17(2-28(84)47(27)96)71(111)129-67-65-41(15-121-75(115)21-9-32(88)50(99)56(105)43(21)45-23(77(117)127-65)11-34(90)52(101)58(45)107)124-81-69(67)131-79(119)25-13-36(92)54(103)60(109)62(25)123-40-8-20(5-31(87)49(40)98)74(114)134-82-70(132-80(120)26-14-37(93)55(104)61(110)63(26)126-64-38(94)6-19(7-39(64)95)73(113)133-81)68(130-72(112)18-3-29(85)48(97)30(86)4-18)66-42(125-82)16-122-76(116)22-10-33(89)51(100)57(106)44(22)46-24(78(118)128-66)12-35(91)53(102)59(46)108/h1-14,41-42,65-70,81-110H,15-16H2/t41-,42-,65-,66-,67+,68+,69-,70-,81+,82+/m1/s1. The van der Waals surface area contributed by atoms with Crippen molar-refractivity contribution in [2.75, 3.05) is 13.2 Å². The predicted octanol–water partition coefficient (Wildman–Crippen LogP) is 4.13. The van der Waals surface area contributed by atoms with Gasteiger partial charge in [0.1, 0.15) is 36.5 Å². The molecule has 28 N–H and O–H groups in total. The first-order valence-electron chi connectivity index (χ1n) is 37.1. The first-order valence-corrected chi connectivity index (χ1v) is 37.1. The van der Waals surface area contributed by atoms with Crippen molar-refractivity contribution in [2.45, 2.75) is 61.4 Å². The minimum Gasteiger partial charge on any atom is -0.504 e. The minimum atomic E-state index is -3.15. The molecule has 6 aliphatic heterocycles. The van der Waals surface area contributed by atoms with Crippen LogP contribution in [0.15, 0.2) is 84.9 Å². The van der Waals surface area contributed by atoms with Crippen LogP contribution in [0.2, 0.25) is 0 Å². The summed E-state index contributed by atoms with van der Waals surface area (Å²) in [5.74, 6) is -70.4. The van der Waals surface area contributed by atoms with Crippen LogP contribution in [0.5, 0.6) is 184 Å². The molecule has 2 fully saturated rings. The van der Waals surface area contributed by atoms with E-state index in [4.69, 9.17) is 66.3 Å². The van der Waals surface area contributed by atoms with E-state index in [1.54, 1.807) is 0 Å². The SMILES string of the molecule is O=C1O[C@@H]2O[C@@H]3COC(=O)c4cc(O)c(O)c(O)c4-c4c(cc(O)c(O)c4O)C(=O)O[C@H]3[C@H](OC(=O)c3cc(O)c(O)c(O)c3)[C@H]2OC(=O)c2cc(O)c(O)c(O)c2Oc2cc(cc(O)c2O)C(=O)O[C@@H]2O[C@@H]3COC(=O)c4cc(O)c(O)c(O)c4-c4c(cc(O)c(O)c4O)C(=O)O[C@H]3[C@H](OC(=O)c3cc(O)c(O)c(O)c3)[C@H]2OC(=O)c2cc(O)c(O)c(O)c2Oc2c(O)cc1cc2O. The van der Waals surface area contributed by atoms with E-state index in [1.165, 1.54) is 0 Å². The van der Waals surface area contributed by atoms with Crippen molar-refractivity contribution in [3.63, 3.8) is 0 Å². The number of ether oxygens (including phenoxy) is 14. The smallest absolute Gasteiger partial charge is 0.342 e. The van der Waals surface area contributed by atoms with Gasteiger partial charge in [0.25, 0.3) is 0 Å². The molecule has 2 saturated heterocycles. The van der Waals surface area contributed by atoms with E-state index in [2.05, 4.69) is 0 Å². The maximum atomic E-state index is 15.6.